The van der Waals surface area contributed by atoms with Gasteiger partial charge < -0.3 is 15.1 Å². The molecule has 0 unspecified atom stereocenters. The van der Waals surface area contributed by atoms with Crippen LogP contribution >= 0.6 is 0 Å². The van der Waals surface area contributed by atoms with Gasteiger partial charge in [-0.1, -0.05) is 12.1 Å². The highest BCUT2D eigenvalue weighted by Gasteiger charge is 2.23. The third kappa shape index (κ3) is 4.70. The molecule has 28 heavy (non-hydrogen) atoms. The van der Waals surface area contributed by atoms with Crippen LogP contribution < -0.4 is 10.2 Å². The molecule has 1 saturated heterocycles. The molecule has 0 atom stereocenters. The Morgan fingerprint density at radius 3 is 2.21 bits per heavy atom. The Hall–Kier alpha value is -3.29. The molecule has 1 aliphatic rings. The van der Waals surface area contributed by atoms with Crippen LogP contribution in [0, 0.1) is 11.6 Å². The molecule has 0 aromatic heterocycles. The Morgan fingerprint density at radius 1 is 0.893 bits per heavy atom. The van der Waals surface area contributed by atoms with E-state index in [1.165, 1.54) is 30.3 Å². The lowest BCUT2D eigenvalue weighted by Gasteiger charge is -2.36. The van der Waals surface area contributed by atoms with E-state index in [0.29, 0.717) is 26.2 Å². The third-order valence-corrected chi connectivity index (χ3v) is 4.52. The second-order valence-corrected chi connectivity index (χ2v) is 6.37. The highest BCUT2D eigenvalue weighted by Crippen LogP contribution is 2.16. The van der Waals surface area contributed by atoms with E-state index in [-0.39, 0.29) is 23.8 Å². The minimum Gasteiger partial charge on any atom is -0.368 e. The minimum atomic E-state index is -0.955. The van der Waals surface area contributed by atoms with Crippen molar-refractivity contribution in [2.24, 2.45) is 0 Å². The molecule has 0 spiro atoms. The molecule has 1 heterocycles. The fourth-order valence-corrected chi connectivity index (χ4v) is 2.97. The van der Waals surface area contributed by atoms with Crippen molar-refractivity contribution in [1.29, 1.82) is 0 Å². The van der Waals surface area contributed by atoms with Crippen LogP contribution in [0.15, 0.2) is 48.5 Å². The normalized spacial score (nSPS) is 13.9. The van der Waals surface area contributed by atoms with Gasteiger partial charge in [0.2, 0.25) is 11.7 Å². The van der Waals surface area contributed by atoms with E-state index in [4.69, 9.17) is 0 Å². The van der Waals surface area contributed by atoms with Crippen LogP contribution in [0.1, 0.15) is 10.4 Å². The molecule has 0 bridgehead atoms. The van der Waals surface area contributed by atoms with Crippen LogP contribution in [0.4, 0.5) is 14.5 Å². The predicted molar refractivity (Wildman–Crippen MR) is 98.9 cm³/mol. The van der Waals surface area contributed by atoms with E-state index >= 15 is 0 Å². The number of ketones is 1. The second kappa shape index (κ2) is 8.60. The number of hydrogen-bond acceptors (Lipinski definition) is 4. The molecule has 1 fully saturated rings. The number of nitrogens with one attached hydrogen (secondary N) is 1. The summed E-state index contributed by atoms with van der Waals surface area (Å²) in [5, 5.41) is 2.29. The van der Waals surface area contributed by atoms with Gasteiger partial charge in [-0.25, -0.2) is 8.78 Å². The molecule has 6 nitrogen and oxygen atoms in total. The first-order valence-electron chi connectivity index (χ1n) is 8.80. The lowest BCUT2D eigenvalue weighted by molar-refractivity contribution is -0.132. The van der Waals surface area contributed by atoms with Crippen molar-refractivity contribution in [1.82, 2.24) is 10.2 Å². The van der Waals surface area contributed by atoms with E-state index < -0.39 is 17.5 Å². The number of amides is 2. The molecule has 1 aliphatic heterocycles. The first-order chi connectivity index (χ1) is 13.4. The van der Waals surface area contributed by atoms with E-state index in [2.05, 4.69) is 5.32 Å². The molecule has 0 aliphatic carbocycles. The largest absolute Gasteiger partial charge is 0.368 e. The van der Waals surface area contributed by atoms with E-state index in [1.807, 2.05) is 4.90 Å². The van der Waals surface area contributed by atoms with Crippen molar-refractivity contribution in [3.05, 3.63) is 65.7 Å². The van der Waals surface area contributed by atoms with Crippen molar-refractivity contribution < 1.29 is 23.2 Å². The highest BCUT2D eigenvalue weighted by molar-refractivity contribution is 6.43. The summed E-state index contributed by atoms with van der Waals surface area (Å²) in [5.74, 6) is -3.08. The zero-order valence-corrected chi connectivity index (χ0v) is 15.0. The van der Waals surface area contributed by atoms with Gasteiger partial charge in [-0.15, -0.1) is 0 Å². The molecular formula is C20H19F2N3O3. The molecule has 0 radical (unpaired) electrons. The molecule has 3 rings (SSSR count). The molecular weight excluding hydrogens is 368 g/mol. The number of nitrogens with zero attached hydrogens (tertiary/aromatic N) is 2. The Balaban J connectivity index is 1.47. The molecule has 146 valence electrons. The average molecular weight is 387 g/mol. The number of carbonyl (C=O) groups excluding carboxylic acids is 3. The van der Waals surface area contributed by atoms with Gasteiger partial charge in [0.25, 0.3) is 5.91 Å². The predicted octanol–water partition coefficient (Wildman–Crippen LogP) is 1.61. The van der Waals surface area contributed by atoms with Crippen LogP contribution in [-0.4, -0.2) is 55.2 Å². The Labute approximate surface area is 160 Å². The smallest absolute Gasteiger partial charge is 0.292 e. The number of piperazine rings is 1. The summed E-state index contributed by atoms with van der Waals surface area (Å²) in [6.45, 7) is 1.74. The van der Waals surface area contributed by atoms with Crippen LogP contribution in [0.25, 0.3) is 0 Å². The van der Waals surface area contributed by atoms with Crippen molar-refractivity contribution in [2.45, 2.75) is 0 Å². The summed E-state index contributed by atoms with van der Waals surface area (Å²) >= 11 is 0. The minimum absolute atomic E-state index is 0.0714. The number of carbonyl (C=O) groups is 3. The topological polar surface area (TPSA) is 69.7 Å². The number of hydrogen-bond donors (Lipinski definition) is 1. The zero-order valence-electron chi connectivity index (χ0n) is 15.0. The van der Waals surface area contributed by atoms with Gasteiger partial charge in [-0.05, 0) is 36.4 Å². The van der Waals surface area contributed by atoms with Gasteiger partial charge in [0.1, 0.15) is 11.6 Å². The Bertz CT molecular complexity index is 879. The van der Waals surface area contributed by atoms with Crippen molar-refractivity contribution in [2.75, 3.05) is 37.6 Å². The maximum absolute atomic E-state index is 13.2. The summed E-state index contributed by atoms with van der Waals surface area (Å²) in [7, 11) is 0. The summed E-state index contributed by atoms with van der Waals surface area (Å²) in [4.78, 5) is 39.8. The standard InChI is InChI=1S/C20H19F2N3O3/c21-15-4-6-17(7-5-15)24-8-10-25(11-9-24)18(26)13-23-20(28)19(27)14-2-1-3-16(22)12-14/h1-7,12H,8-11,13H2,(H,23,28). The average Bonchev–Trinajstić information content (AvgIpc) is 2.72. The van der Waals surface area contributed by atoms with E-state index in [0.717, 1.165) is 11.8 Å². The van der Waals surface area contributed by atoms with Gasteiger partial charge in [-0.3, -0.25) is 14.4 Å². The van der Waals surface area contributed by atoms with Crippen LogP contribution in [0.5, 0.6) is 0 Å². The summed E-state index contributed by atoms with van der Waals surface area (Å²) in [5.41, 5.74) is 0.806. The van der Waals surface area contributed by atoms with Crippen molar-refractivity contribution in [3.8, 4) is 0 Å². The maximum atomic E-state index is 13.2. The second-order valence-electron chi connectivity index (χ2n) is 6.37. The number of anilines is 1. The number of rotatable bonds is 5. The van der Waals surface area contributed by atoms with E-state index in [1.54, 1.807) is 17.0 Å². The van der Waals surface area contributed by atoms with Gasteiger partial charge >= 0.3 is 0 Å². The van der Waals surface area contributed by atoms with Gasteiger partial charge in [0.05, 0.1) is 6.54 Å². The maximum Gasteiger partial charge on any atom is 0.292 e. The molecule has 0 saturated carbocycles. The number of Topliss-reactive ketones (excluding diaryl/α,β-unsaturated/α-hetero) is 1. The molecule has 2 amide bonds. The molecule has 1 N–H and O–H groups in total. The fraction of sp³-hybridized carbons (Fsp3) is 0.250. The zero-order chi connectivity index (χ0) is 20.1. The SMILES string of the molecule is O=C(NCC(=O)N1CCN(c2ccc(F)cc2)CC1)C(=O)c1cccc(F)c1. The first kappa shape index (κ1) is 19.5. The Kier molecular flexibility index (Phi) is 5.98. The van der Waals surface area contributed by atoms with Gasteiger partial charge in [0, 0.05) is 37.4 Å². The number of halogens is 2. The fourth-order valence-electron chi connectivity index (χ4n) is 2.97. The van der Waals surface area contributed by atoms with Gasteiger partial charge in [-0.2, -0.15) is 0 Å². The first-order valence-corrected chi connectivity index (χ1v) is 8.80. The molecule has 2 aromatic carbocycles. The summed E-state index contributed by atoms with van der Waals surface area (Å²) < 4.78 is 26.2. The highest BCUT2D eigenvalue weighted by atomic mass is 19.1. The van der Waals surface area contributed by atoms with Gasteiger partial charge in [0.15, 0.2) is 0 Å². The number of benzene rings is 2. The lowest BCUT2D eigenvalue weighted by Crippen LogP contribution is -2.51. The van der Waals surface area contributed by atoms with Crippen molar-refractivity contribution >= 4 is 23.3 Å². The summed E-state index contributed by atoms with van der Waals surface area (Å²) in [6, 6.07) is 11.0. The van der Waals surface area contributed by atoms with Crippen LogP contribution in [-0.2, 0) is 9.59 Å². The van der Waals surface area contributed by atoms with Crippen molar-refractivity contribution in [3.63, 3.8) is 0 Å². The monoisotopic (exact) mass is 387 g/mol. The Morgan fingerprint density at radius 2 is 1.57 bits per heavy atom. The lowest BCUT2D eigenvalue weighted by atomic mass is 10.1. The van der Waals surface area contributed by atoms with Crippen LogP contribution in [0.2, 0.25) is 0 Å². The summed E-state index contributed by atoms with van der Waals surface area (Å²) in [6.07, 6.45) is 0. The molecule has 8 heteroatoms. The quantitative estimate of drug-likeness (QED) is 0.625. The van der Waals surface area contributed by atoms with Crippen LogP contribution in [0.3, 0.4) is 0 Å². The third-order valence-electron chi connectivity index (χ3n) is 4.52. The van der Waals surface area contributed by atoms with E-state index in [9.17, 15) is 23.2 Å². The molecule has 2 aromatic rings.